The first-order valence-corrected chi connectivity index (χ1v) is 36.0. The van der Waals surface area contributed by atoms with E-state index in [-0.39, 0.29) is 5.41 Å². The molecule has 0 bridgehead atoms. The summed E-state index contributed by atoms with van der Waals surface area (Å²) >= 11 is -3.09. The Labute approximate surface area is 285 Å². The average Bonchev–Trinajstić information content (AvgIpc) is 3.62. The van der Waals surface area contributed by atoms with Gasteiger partial charge in [0.2, 0.25) is 0 Å². The first-order chi connectivity index (χ1) is 21.7. The molecule has 7 rings (SSSR count). The van der Waals surface area contributed by atoms with E-state index in [1.165, 1.54) is 56.6 Å². The van der Waals surface area contributed by atoms with Gasteiger partial charge in [0.05, 0.1) is 0 Å². The molecule has 236 valence electrons. The Hall–Kier alpha value is -2.34. The predicted molar refractivity (Wildman–Crippen MR) is 206 cm³/mol. The summed E-state index contributed by atoms with van der Waals surface area (Å²) in [5.41, 5.74) is 15.5. The van der Waals surface area contributed by atoms with Crippen LogP contribution >= 0.6 is 0 Å². The molecule has 4 aromatic carbocycles. The molecule has 0 radical (unpaired) electrons. The maximum atomic E-state index is 2.79. The molecule has 0 aromatic heterocycles. The fourth-order valence-corrected chi connectivity index (χ4v) is 28.9. The van der Waals surface area contributed by atoms with E-state index in [4.69, 9.17) is 0 Å². The van der Waals surface area contributed by atoms with Crippen molar-refractivity contribution in [3.63, 3.8) is 0 Å². The monoisotopic (exact) mass is 804 g/mol. The molecule has 2 aliphatic carbocycles. The summed E-state index contributed by atoms with van der Waals surface area (Å²) in [4.78, 5) is 0. The second-order valence-corrected chi connectivity index (χ2v) is 44.3. The number of benzene rings is 4. The van der Waals surface area contributed by atoms with E-state index in [2.05, 4.69) is 160 Å². The van der Waals surface area contributed by atoms with E-state index in [0.717, 1.165) is 0 Å². The van der Waals surface area contributed by atoms with Crippen LogP contribution < -0.4 is 10.4 Å². The van der Waals surface area contributed by atoms with Crippen LogP contribution in [0.3, 0.4) is 0 Å². The van der Waals surface area contributed by atoms with Gasteiger partial charge in [0.15, 0.2) is 0 Å². The van der Waals surface area contributed by atoms with E-state index in [1.54, 1.807) is 22.3 Å². The number of hydrogen-bond donors (Lipinski definition) is 0. The number of allylic oxidation sites excluding steroid dienone is 2. The van der Waals surface area contributed by atoms with Crippen LogP contribution in [0.5, 0.6) is 0 Å². The molecule has 3 heteroatoms. The van der Waals surface area contributed by atoms with Crippen LogP contribution in [0.25, 0.3) is 34.4 Å². The first kappa shape index (κ1) is 32.2. The van der Waals surface area contributed by atoms with Gasteiger partial charge in [-0.15, -0.1) is 0 Å². The second-order valence-electron chi connectivity index (χ2n) is 16.9. The van der Waals surface area contributed by atoms with Gasteiger partial charge in [-0.2, -0.15) is 0 Å². The van der Waals surface area contributed by atoms with Crippen molar-refractivity contribution in [3.8, 4) is 22.3 Å². The van der Waals surface area contributed by atoms with E-state index >= 15 is 0 Å². The standard InChI is InChI=1S/C41H46Si2.2CH3.Hf/c1-9-41(10-2,33-25-31-13-11-15-37(39(31)27-33)29-17-21-35(22-18-29)42(3,4)5)34-26-32-14-12-16-38(40(32)28-34)30-19-23-36(24-20-30)43(6,7)8;;;/h11-28H,9-10H2,1-8H3;2*1H3;. The van der Waals surface area contributed by atoms with Crippen LogP contribution in [-0.4, -0.2) is 16.1 Å². The molecule has 3 aliphatic rings. The molecule has 1 aliphatic heterocycles. The van der Waals surface area contributed by atoms with Crippen LogP contribution in [0.4, 0.5) is 0 Å². The summed E-state index contributed by atoms with van der Waals surface area (Å²) in [5, 5.41) is 3.07. The van der Waals surface area contributed by atoms with Gasteiger partial charge in [-0.05, 0) is 0 Å². The van der Waals surface area contributed by atoms with Crippen LogP contribution in [0.1, 0.15) is 56.3 Å². The van der Waals surface area contributed by atoms with Gasteiger partial charge in [-0.1, -0.05) is 0 Å². The molecule has 0 N–H and O–H groups in total. The van der Waals surface area contributed by atoms with Crippen LogP contribution in [-0.2, 0) is 20.0 Å². The van der Waals surface area contributed by atoms with Crippen molar-refractivity contribution in [1.82, 2.24) is 0 Å². The van der Waals surface area contributed by atoms with Crippen molar-refractivity contribution < 1.29 is 20.0 Å². The Morgan fingerprint density at radius 3 is 1.24 bits per heavy atom. The van der Waals surface area contributed by atoms with Crippen LogP contribution in [0, 0.1) is 5.41 Å². The Bertz CT molecular complexity index is 1750. The van der Waals surface area contributed by atoms with Gasteiger partial charge in [0, 0.05) is 0 Å². The zero-order valence-corrected chi connectivity index (χ0v) is 35.4. The SMILES string of the molecule is CCC1(CC)C2=Cc3c(-c4ccc([Si](C)(C)C)cc4)cccc3[CH]2[Hf]([CH3])([CH3])[CH]2C1=Cc1c(-c3ccc([Si](C)(C)C)cc3)cccc12. The van der Waals surface area contributed by atoms with Crippen LogP contribution in [0.2, 0.25) is 48.6 Å². The minimum atomic E-state index is -3.09. The van der Waals surface area contributed by atoms with Gasteiger partial charge < -0.3 is 0 Å². The first-order valence-electron chi connectivity index (χ1n) is 17.6. The minimum absolute atomic E-state index is 0.112. The molecule has 0 amide bonds. The predicted octanol–water partition coefficient (Wildman–Crippen LogP) is 11.8. The molecule has 4 aromatic rings. The summed E-state index contributed by atoms with van der Waals surface area (Å²) in [5.74, 6) is 0. The molecule has 0 spiro atoms. The van der Waals surface area contributed by atoms with E-state index in [9.17, 15) is 0 Å². The third-order valence-corrected chi connectivity index (χ3v) is 31.3. The molecular formula is C43H52HfSi2. The van der Waals surface area contributed by atoms with Gasteiger partial charge in [0.1, 0.15) is 0 Å². The van der Waals surface area contributed by atoms with Crippen molar-refractivity contribution in [2.75, 3.05) is 0 Å². The third kappa shape index (κ3) is 4.81. The van der Waals surface area contributed by atoms with Crippen molar-refractivity contribution in [2.24, 2.45) is 5.41 Å². The fourth-order valence-electron chi connectivity index (χ4n) is 9.44. The molecule has 1 heterocycles. The third-order valence-electron chi connectivity index (χ3n) is 12.0. The summed E-state index contributed by atoms with van der Waals surface area (Å²) in [6.07, 6.45) is 7.74. The summed E-state index contributed by atoms with van der Waals surface area (Å²) in [6.45, 7) is 19.6. The van der Waals surface area contributed by atoms with Gasteiger partial charge in [-0.3, -0.25) is 0 Å². The van der Waals surface area contributed by atoms with Crippen molar-refractivity contribution in [1.29, 1.82) is 0 Å². The Balaban J connectivity index is 1.39. The molecule has 0 saturated carbocycles. The number of fused-ring (bicyclic) bond motifs is 6. The Morgan fingerprint density at radius 2 is 0.913 bits per heavy atom. The Kier molecular flexibility index (Phi) is 7.78. The number of rotatable bonds is 6. The molecule has 2 unspecified atom stereocenters. The van der Waals surface area contributed by atoms with Crippen molar-refractivity contribution >= 4 is 38.7 Å². The summed E-state index contributed by atoms with van der Waals surface area (Å²) in [7, 11) is -2.67. The summed E-state index contributed by atoms with van der Waals surface area (Å²) in [6, 6.07) is 33.7. The second kappa shape index (κ2) is 11.1. The molecular weight excluding hydrogens is 751 g/mol. The quantitative estimate of drug-likeness (QED) is 0.170. The molecule has 0 nitrogen and oxygen atoms in total. The van der Waals surface area contributed by atoms with E-state index in [0.29, 0.717) is 7.35 Å². The maximum absolute atomic E-state index is 3.09. The molecule has 2 atom stereocenters. The zero-order valence-electron chi connectivity index (χ0n) is 29.8. The molecule has 1 saturated heterocycles. The molecule has 46 heavy (non-hydrogen) atoms. The van der Waals surface area contributed by atoms with Crippen molar-refractivity contribution in [2.45, 2.75) is 82.7 Å². The normalized spacial score (nSPS) is 20.7. The van der Waals surface area contributed by atoms with Gasteiger partial charge >= 0.3 is 287 Å². The van der Waals surface area contributed by atoms with Gasteiger partial charge in [0.25, 0.3) is 0 Å². The molecule has 1 fully saturated rings. The average molecular weight is 804 g/mol. The topological polar surface area (TPSA) is 0 Å². The summed E-state index contributed by atoms with van der Waals surface area (Å²) < 4.78 is 6.82. The van der Waals surface area contributed by atoms with Crippen molar-refractivity contribution in [3.05, 3.63) is 118 Å². The van der Waals surface area contributed by atoms with Crippen LogP contribution in [0.15, 0.2) is 96.1 Å². The zero-order chi connectivity index (χ0) is 32.8. The fraction of sp³-hybridized carbons (Fsp3) is 0.349. The number of hydrogen-bond acceptors (Lipinski definition) is 0. The van der Waals surface area contributed by atoms with E-state index < -0.39 is 36.1 Å². The van der Waals surface area contributed by atoms with E-state index in [1.807, 2.05) is 0 Å². The Morgan fingerprint density at radius 1 is 0.543 bits per heavy atom. The van der Waals surface area contributed by atoms with Gasteiger partial charge in [-0.25, -0.2) is 0 Å².